The van der Waals surface area contributed by atoms with E-state index in [2.05, 4.69) is 15.5 Å². The first-order valence-corrected chi connectivity index (χ1v) is 12.0. The van der Waals surface area contributed by atoms with Crippen molar-refractivity contribution in [2.24, 2.45) is 10.2 Å². The molecule has 174 valence electrons. The lowest BCUT2D eigenvalue weighted by atomic mass is 10.1. The number of nitrogens with zero attached hydrogens (tertiary/aromatic N) is 4. The van der Waals surface area contributed by atoms with E-state index in [0.717, 1.165) is 33.8 Å². The monoisotopic (exact) mass is 481 g/mol. The van der Waals surface area contributed by atoms with Gasteiger partial charge in [0.25, 0.3) is 0 Å². The lowest BCUT2D eigenvalue weighted by Gasteiger charge is -2.06. The highest BCUT2D eigenvalue weighted by atomic mass is 32.2. The summed E-state index contributed by atoms with van der Waals surface area (Å²) in [6, 6.07) is 27.6. The topological polar surface area (TPSA) is 80.9 Å². The van der Waals surface area contributed by atoms with E-state index in [9.17, 15) is 4.79 Å². The molecule has 8 heteroatoms. The molecule has 1 N–H and O–H groups in total. The van der Waals surface area contributed by atoms with Crippen LogP contribution in [0.25, 0.3) is 16.9 Å². The van der Waals surface area contributed by atoms with Crippen molar-refractivity contribution in [2.75, 3.05) is 7.11 Å². The molecule has 0 spiro atoms. The number of ether oxygens (including phenoxy) is 1. The van der Waals surface area contributed by atoms with Crippen molar-refractivity contribution in [3.8, 4) is 22.7 Å². The average Bonchev–Trinajstić information content (AvgIpc) is 3.49. The predicted molar refractivity (Wildman–Crippen MR) is 140 cm³/mol. The molecule has 1 amide bonds. The van der Waals surface area contributed by atoms with Crippen molar-refractivity contribution in [3.05, 3.63) is 102 Å². The number of hydrogen-bond acceptors (Lipinski definition) is 6. The largest absolute Gasteiger partial charge is 0.497 e. The van der Waals surface area contributed by atoms with Crippen LogP contribution in [-0.4, -0.2) is 39.4 Å². The first-order valence-electron chi connectivity index (χ1n) is 11.1. The van der Waals surface area contributed by atoms with E-state index < -0.39 is 0 Å². The molecule has 0 bridgehead atoms. The van der Waals surface area contributed by atoms with Gasteiger partial charge in [0, 0.05) is 17.3 Å². The molecule has 1 fully saturated rings. The number of aromatic nitrogens is 2. The maximum Gasteiger partial charge on any atom is 0.239 e. The number of benzene rings is 3. The van der Waals surface area contributed by atoms with E-state index >= 15 is 0 Å². The van der Waals surface area contributed by atoms with Crippen LogP contribution < -0.4 is 10.1 Å². The number of para-hydroxylation sites is 1. The van der Waals surface area contributed by atoms with E-state index in [1.54, 1.807) is 13.3 Å². The Kier molecular flexibility index (Phi) is 6.72. The van der Waals surface area contributed by atoms with Crippen LogP contribution in [0.5, 0.6) is 5.75 Å². The van der Waals surface area contributed by atoms with E-state index in [1.165, 1.54) is 11.8 Å². The zero-order chi connectivity index (χ0) is 24.0. The minimum Gasteiger partial charge on any atom is -0.497 e. The number of methoxy groups -OCH3 is 1. The van der Waals surface area contributed by atoms with Gasteiger partial charge < -0.3 is 10.1 Å². The van der Waals surface area contributed by atoms with Crippen molar-refractivity contribution in [1.82, 2.24) is 15.1 Å². The Morgan fingerprint density at radius 3 is 2.46 bits per heavy atom. The van der Waals surface area contributed by atoms with Gasteiger partial charge in [-0.1, -0.05) is 72.4 Å². The first kappa shape index (κ1) is 22.6. The molecule has 1 aliphatic rings. The normalized spacial score (nSPS) is 16.7. The molecule has 3 aromatic carbocycles. The minimum atomic E-state index is -0.252. The molecule has 4 aromatic rings. The second-order valence-electron chi connectivity index (χ2n) is 7.88. The Morgan fingerprint density at radius 2 is 1.74 bits per heavy atom. The van der Waals surface area contributed by atoms with Crippen molar-refractivity contribution < 1.29 is 9.53 Å². The number of nitrogens with one attached hydrogen (secondary N) is 1. The van der Waals surface area contributed by atoms with Gasteiger partial charge in [-0.3, -0.25) is 4.79 Å². The minimum absolute atomic E-state index is 0.0679. The van der Waals surface area contributed by atoms with Gasteiger partial charge in [-0.25, -0.2) is 4.68 Å². The van der Waals surface area contributed by atoms with Crippen molar-refractivity contribution in [3.63, 3.8) is 0 Å². The third kappa shape index (κ3) is 5.33. The number of amides is 1. The fourth-order valence-electron chi connectivity index (χ4n) is 3.72. The smallest absolute Gasteiger partial charge is 0.239 e. The third-order valence-electron chi connectivity index (χ3n) is 5.51. The molecule has 1 unspecified atom stereocenters. The second kappa shape index (κ2) is 10.4. The van der Waals surface area contributed by atoms with Gasteiger partial charge in [0.15, 0.2) is 5.17 Å². The van der Waals surface area contributed by atoms with Crippen LogP contribution in [0.2, 0.25) is 0 Å². The van der Waals surface area contributed by atoms with Crippen LogP contribution in [0.1, 0.15) is 11.1 Å². The van der Waals surface area contributed by atoms with Crippen molar-refractivity contribution in [1.29, 1.82) is 0 Å². The molecular weight excluding hydrogens is 458 g/mol. The summed E-state index contributed by atoms with van der Waals surface area (Å²) in [6.45, 7) is 0. The molecule has 0 saturated carbocycles. The van der Waals surface area contributed by atoms with E-state index in [0.29, 0.717) is 11.6 Å². The molecule has 35 heavy (non-hydrogen) atoms. The molecular formula is C27H23N5O2S. The Labute approximate surface area is 207 Å². The second-order valence-corrected chi connectivity index (χ2v) is 9.07. The van der Waals surface area contributed by atoms with Gasteiger partial charge in [-0.05, 0) is 36.2 Å². The zero-order valence-electron chi connectivity index (χ0n) is 19.0. The van der Waals surface area contributed by atoms with Crippen LogP contribution in [0, 0.1) is 0 Å². The number of amidine groups is 1. The number of hydrogen-bond donors (Lipinski definition) is 1. The summed E-state index contributed by atoms with van der Waals surface area (Å²) in [5.74, 6) is 0.723. The van der Waals surface area contributed by atoms with E-state index in [-0.39, 0.29) is 11.2 Å². The van der Waals surface area contributed by atoms with Gasteiger partial charge >= 0.3 is 0 Å². The quantitative estimate of drug-likeness (QED) is 0.306. The Morgan fingerprint density at radius 1 is 1.03 bits per heavy atom. The summed E-state index contributed by atoms with van der Waals surface area (Å²) in [7, 11) is 1.63. The summed E-state index contributed by atoms with van der Waals surface area (Å²) in [5.41, 5.74) is 4.63. The molecule has 0 aliphatic carbocycles. The highest BCUT2D eigenvalue weighted by molar-refractivity contribution is 8.15. The van der Waals surface area contributed by atoms with E-state index in [1.807, 2.05) is 95.8 Å². The third-order valence-corrected chi connectivity index (χ3v) is 6.58. The van der Waals surface area contributed by atoms with Crippen LogP contribution in [0.4, 0.5) is 0 Å². The first-order chi connectivity index (χ1) is 17.2. The Bertz CT molecular complexity index is 1370. The van der Waals surface area contributed by atoms with Gasteiger partial charge in [0.2, 0.25) is 5.91 Å². The van der Waals surface area contributed by atoms with Gasteiger partial charge in [-0.15, -0.1) is 5.10 Å². The van der Waals surface area contributed by atoms with Gasteiger partial charge in [0.05, 0.1) is 24.3 Å². The summed E-state index contributed by atoms with van der Waals surface area (Å²) in [5, 5.41) is 16.4. The predicted octanol–water partition coefficient (Wildman–Crippen LogP) is 4.71. The number of rotatable bonds is 7. The van der Waals surface area contributed by atoms with Crippen molar-refractivity contribution >= 4 is 29.1 Å². The lowest BCUT2D eigenvalue weighted by molar-refractivity contribution is -0.118. The summed E-state index contributed by atoms with van der Waals surface area (Å²) < 4.78 is 7.02. The van der Waals surface area contributed by atoms with Gasteiger partial charge in [-0.2, -0.15) is 10.2 Å². The fraction of sp³-hybridized carbons (Fsp3) is 0.111. The molecule has 5 rings (SSSR count). The highest BCUT2D eigenvalue weighted by Gasteiger charge is 2.30. The summed E-state index contributed by atoms with van der Waals surface area (Å²) in [6.07, 6.45) is 4.20. The van der Waals surface area contributed by atoms with Gasteiger partial charge in [0.1, 0.15) is 11.4 Å². The van der Waals surface area contributed by atoms with Crippen LogP contribution in [0.15, 0.2) is 101 Å². The molecule has 7 nitrogen and oxygen atoms in total. The number of carbonyl (C=O) groups is 1. The molecule has 0 radical (unpaired) electrons. The maximum atomic E-state index is 12.4. The zero-order valence-corrected chi connectivity index (χ0v) is 19.9. The Hall–Kier alpha value is -4.17. The standard InChI is InChI=1S/C27H23N5O2S/c1-34-23-14-12-19(13-15-23)16-24-26(33)29-27(35-24)30-28-17-21-18-32(22-10-6-3-7-11-22)31-25(21)20-8-4-2-5-9-20/h2-15,17-18,24H,16H2,1H3,(H,29,30,33). The summed E-state index contributed by atoms with van der Waals surface area (Å²) >= 11 is 1.38. The fourth-order valence-corrected chi connectivity index (χ4v) is 4.69. The Balaban J connectivity index is 1.34. The molecule has 2 heterocycles. The van der Waals surface area contributed by atoms with Crippen LogP contribution in [0.3, 0.4) is 0 Å². The maximum absolute atomic E-state index is 12.4. The SMILES string of the molecule is COc1ccc(CC2S/C(=N/N=Cc3cn(-c4ccccc4)nc3-c3ccccc3)NC2=O)cc1. The van der Waals surface area contributed by atoms with Crippen LogP contribution >= 0.6 is 11.8 Å². The van der Waals surface area contributed by atoms with Crippen molar-refractivity contribution in [2.45, 2.75) is 11.7 Å². The van der Waals surface area contributed by atoms with E-state index in [4.69, 9.17) is 9.84 Å². The number of thioether (sulfide) groups is 1. The molecule has 1 aliphatic heterocycles. The van der Waals surface area contributed by atoms with Crippen LogP contribution in [-0.2, 0) is 11.2 Å². The molecule has 1 aromatic heterocycles. The molecule has 1 atom stereocenters. The summed E-state index contributed by atoms with van der Waals surface area (Å²) in [4.78, 5) is 12.4. The highest BCUT2D eigenvalue weighted by Crippen LogP contribution is 2.25. The molecule has 1 saturated heterocycles. The lowest BCUT2D eigenvalue weighted by Crippen LogP contribution is -2.25. The average molecular weight is 482 g/mol. The number of carbonyl (C=O) groups excluding carboxylic acids is 1.